The van der Waals surface area contributed by atoms with Crippen LogP contribution in [-0.2, 0) is 0 Å². The maximum Gasteiger partial charge on any atom is 0.195 e. The van der Waals surface area contributed by atoms with Crippen LogP contribution in [0.3, 0.4) is 0 Å². The molecule has 0 radical (unpaired) electrons. The van der Waals surface area contributed by atoms with Crippen LogP contribution in [-0.4, -0.2) is 15.8 Å². The molecule has 0 bridgehead atoms. The van der Waals surface area contributed by atoms with Crippen LogP contribution in [0, 0.1) is 12.3 Å². The van der Waals surface area contributed by atoms with Gasteiger partial charge in [-0.05, 0) is 19.1 Å². The van der Waals surface area contributed by atoms with Gasteiger partial charge in [-0.15, -0.1) is 0 Å². The number of hydrogen-bond acceptors (Lipinski definition) is 3. The van der Waals surface area contributed by atoms with Gasteiger partial charge in [-0.3, -0.25) is 5.41 Å². The molecule has 4 nitrogen and oxygen atoms in total. The second kappa shape index (κ2) is 5.21. The Morgan fingerprint density at radius 3 is 2.62 bits per heavy atom. The average molecular weight is 216 g/mol. The molecule has 2 rings (SSSR count). The van der Waals surface area contributed by atoms with Crippen molar-refractivity contribution in [2.24, 2.45) is 5.73 Å². The van der Waals surface area contributed by atoms with Crippen LogP contribution in [0.2, 0.25) is 0 Å². The van der Waals surface area contributed by atoms with E-state index >= 15 is 0 Å². The van der Waals surface area contributed by atoms with Gasteiger partial charge in [0.1, 0.15) is 0 Å². The number of nitrogens with two attached hydrogens (primary N) is 1. The van der Waals surface area contributed by atoms with Gasteiger partial charge in [-0.1, -0.05) is 25.5 Å². The number of hydrogen-bond donors (Lipinski definition) is 2. The maximum atomic E-state index is 7.21. The van der Waals surface area contributed by atoms with E-state index in [4.69, 9.17) is 11.1 Å². The molecule has 1 aromatic heterocycles. The van der Waals surface area contributed by atoms with Gasteiger partial charge in [0.15, 0.2) is 11.7 Å². The van der Waals surface area contributed by atoms with Gasteiger partial charge in [0.05, 0.1) is 5.52 Å². The Hall–Kier alpha value is -1.97. The largest absolute Gasteiger partial charge is 0.381 e. The van der Waals surface area contributed by atoms with E-state index in [0.29, 0.717) is 0 Å². The third-order valence-electron chi connectivity index (χ3n) is 1.98. The standard InChI is InChI=1S/C10H10N4.C2H6/c1-6-2-3-8-7(4-6)5-13-10(14-8)9(11)12;1-2/h2-5H,1H3,(H3,11,12);1-2H3. The van der Waals surface area contributed by atoms with Gasteiger partial charge in [-0.2, -0.15) is 0 Å². The Bertz CT molecular complexity index is 505. The van der Waals surface area contributed by atoms with Crippen molar-refractivity contribution >= 4 is 16.7 Å². The van der Waals surface area contributed by atoms with Crippen molar-refractivity contribution in [2.45, 2.75) is 20.8 Å². The maximum absolute atomic E-state index is 7.21. The average Bonchev–Trinajstić information content (AvgIpc) is 2.30. The van der Waals surface area contributed by atoms with E-state index in [0.717, 1.165) is 16.5 Å². The summed E-state index contributed by atoms with van der Waals surface area (Å²) in [7, 11) is 0. The Kier molecular flexibility index (Phi) is 3.94. The normalized spacial score (nSPS) is 9.44. The van der Waals surface area contributed by atoms with Gasteiger partial charge in [0, 0.05) is 11.6 Å². The highest BCUT2D eigenvalue weighted by atomic mass is 14.9. The van der Waals surface area contributed by atoms with Crippen molar-refractivity contribution in [1.82, 2.24) is 9.97 Å². The zero-order valence-electron chi connectivity index (χ0n) is 9.78. The summed E-state index contributed by atoms with van der Waals surface area (Å²) in [4.78, 5) is 8.14. The van der Waals surface area contributed by atoms with Crippen molar-refractivity contribution < 1.29 is 0 Å². The van der Waals surface area contributed by atoms with Crippen LogP contribution >= 0.6 is 0 Å². The van der Waals surface area contributed by atoms with Gasteiger partial charge < -0.3 is 5.73 Å². The minimum Gasteiger partial charge on any atom is -0.381 e. The van der Waals surface area contributed by atoms with Crippen molar-refractivity contribution in [3.05, 3.63) is 35.8 Å². The molecule has 2 aromatic rings. The number of benzene rings is 1. The number of fused-ring (bicyclic) bond motifs is 1. The first kappa shape index (κ1) is 12.1. The molecule has 0 aliphatic rings. The van der Waals surface area contributed by atoms with Crippen LogP contribution in [0.5, 0.6) is 0 Å². The molecular weight excluding hydrogens is 200 g/mol. The molecule has 0 amide bonds. The lowest BCUT2D eigenvalue weighted by atomic mass is 10.2. The summed E-state index contributed by atoms with van der Waals surface area (Å²) in [6.45, 7) is 6.01. The number of nitrogen functional groups attached to an aromatic ring is 1. The Morgan fingerprint density at radius 1 is 1.31 bits per heavy atom. The molecule has 1 heterocycles. The molecule has 0 unspecified atom stereocenters. The number of amidine groups is 1. The molecule has 1 aromatic carbocycles. The van der Waals surface area contributed by atoms with E-state index in [2.05, 4.69) is 9.97 Å². The van der Waals surface area contributed by atoms with E-state index in [-0.39, 0.29) is 11.7 Å². The molecule has 0 fully saturated rings. The van der Waals surface area contributed by atoms with Gasteiger partial charge in [-0.25, -0.2) is 9.97 Å². The zero-order chi connectivity index (χ0) is 12.1. The fourth-order valence-corrected chi connectivity index (χ4v) is 1.28. The monoisotopic (exact) mass is 216 g/mol. The third kappa shape index (κ3) is 2.53. The van der Waals surface area contributed by atoms with Crippen LogP contribution in [0.25, 0.3) is 10.9 Å². The van der Waals surface area contributed by atoms with Crippen molar-refractivity contribution in [3.63, 3.8) is 0 Å². The zero-order valence-corrected chi connectivity index (χ0v) is 9.78. The molecule has 3 N–H and O–H groups in total. The Morgan fingerprint density at radius 2 is 2.00 bits per heavy atom. The summed E-state index contributed by atoms with van der Waals surface area (Å²) in [6, 6.07) is 5.87. The lowest BCUT2D eigenvalue weighted by molar-refractivity contribution is 1.15. The van der Waals surface area contributed by atoms with E-state index in [9.17, 15) is 0 Å². The lowest BCUT2D eigenvalue weighted by Gasteiger charge is -2.00. The predicted molar refractivity (Wildman–Crippen MR) is 66.6 cm³/mol. The molecule has 0 aliphatic heterocycles. The van der Waals surface area contributed by atoms with Gasteiger partial charge in [0.25, 0.3) is 0 Å². The minimum atomic E-state index is -0.104. The second-order valence-corrected chi connectivity index (χ2v) is 3.17. The van der Waals surface area contributed by atoms with Crippen molar-refractivity contribution in [2.75, 3.05) is 0 Å². The Labute approximate surface area is 95.0 Å². The third-order valence-corrected chi connectivity index (χ3v) is 1.98. The summed E-state index contributed by atoms with van der Waals surface area (Å²) >= 11 is 0. The topological polar surface area (TPSA) is 75.7 Å². The highest BCUT2D eigenvalue weighted by molar-refractivity contribution is 5.93. The summed E-state index contributed by atoms with van der Waals surface area (Å²) < 4.78 is 0. The van der Waals surface area contributed by atoms with Crippen LogP contribution < -0.4 is 5.73 Å². The molecule has 4 heteroatoms. The van der Waals surface area contributed by atoms with Crippen molar-refractivity contribution in [1.29, 1.82) is 5.41 Å². The summed E-state index contributed by atoms with van der Waals surface area (Å²) in [5, 5.41) is 8.17. The van der Waals surface area contributed by atoms with Crippen molar-refractivity contribution in [3.8, 4) is 0 Å². The van der Waals surface area contributed by atoms with E-state index in [1.807, 2.05) is 39.0 Å². The summed E-state index contributed by atoms with van der Waals surface area (Å²) in [6.07, 6.45) is 1.69. The molecule has 84 valence electrons. The summed E-state index contributed by atoms with van der Waals surface area (Å²) in [5.41, 5.74) is 7.27. The SMILES string of the molecule is CC.Cc1ccc2nc(C(=N)N)ncc2c1. The highest BCUT2D eigenvalue weighted by Crippen LogP contribution is 2.12. The molecular formula is C12H16N4. The van der Waals surface area contributed by atoms with E-state index in [1.54, 1.807) is 6.20 Å². The number of rotatable bonds is 1. The predicted octanol–water partition coefficient (Wildman–Crippen LogP) is 2.25. The molecule has 0 aliphatic carbocycles. The van der Waals surface area contributed by atoms with E-state index in [1.165, 1.54) is 0 Å². The number of aryl methyl sites for hydroxylation is 1. The minimum absolute atomic E-state index is 0.104. The molecule has 0 saturated carbocycles. The fourth-order valence-electron chi connectivity index (χ4n) is 1.28. The van der Waals surface area contributed by atoms with Gasteiger partial charge in [0.2, 0.25) is 0 Å². The lowest BCUT2D eigenvalue weighted by Crippen LogP contribution is -2.15. The first-order chi connectivity index (χ1) is 7.66. The van der Waals surface area contributed by atoms with Crippen LogP contribution in [0.4, 0.5) is 0 Å². The second-order valence-electron chi connectivity index (χ2n) is 3.17. The number of nitrogens with one attached hydrogen (secondary N) is 1. The van der Waals surface area contributed by atoms with Gasteiger partial charge >= 0.3 is 0 Å². The summed E-state index contributed by atoms with van der Waals surface area (Å²) in [5.74, 6) is 0.175. The highest BCUT2D eigenvalue weighted by Gasteiger charge is 2.01. The fraction of sp³-hybridized carbons (Fsp3) is 0.250. The van der Waals surface area contributed by atoms with Crippen LogP contribution in [0.15, 0.2) is 24.4 Å². The van der Waals surface area contributed by atoms with Crippen LogP contribution in [0.1, 0.15) is 25.2 Å². The molecule has 16 heavy (non-hydrogen) atoms. The molecule has 0 spiro atoms. The first-order valence-electron chi connectivity index (χ1n) is 5.24. The molecule has 0 saturated heterocycles. The number of aromatic nitrogens is 2. The quantitative estimate of drug-likeness (QED) is 0.567. The smallest absolute Gasteiger partial charge is 0.195 e. The molecule has 0 atom stereocenters. The number of nitrogens with zero attached hydrogens (tertiary/aromatic N) is 2. The van der Waals surface area contributed by atoms with E-state index < -0.39 is 0 Å². The first-order valence-corrected chi connectivity index (χ1v) is 5.24. The Balaban J connectivity index is 0.000000606.